The van der Waals surface area contributed by atoms with Gasteiger partial charge in [0.15, 0.2) is 0 Å². The fraction of sp³-hybridized carbons (Fsp3) is 0.238. The average molecular weight is 432 g/mol. The van der Waals surface area contributed by atoms with E-state index in [1.807, 2.05) is 49.7 Å². The Balaban J connectivity index is 0.000000575. The minimum Gasteiger partial charge on any atom is -0.478 e. The van der Waals surface area contributed by atoms with Gasteiger partial charge in [0.25, 0.3) is 10.1 Å². The van der Waals surface area contributed by atoms with Crippen molar-refractivity contribution in [2.45, 2.75) is 26.9 Å². The van der Waals surface area contributed by atoms with E-state index in [2.05, 4.69) is 4.98 Å². The van der Waals surface area contributed by atoms with Gasteiger partial charge in [-0.1, -0.05) is 6.07 Å². The average Bonchev–Trinajstić information content (AvgIpc) is 3.14. The van der Waals surface area contributed by atoms with E-state index in [1.54, 1.807) is 24.7 Å². The number of rotatable bonds is 4. The molecule has 0 bridgehead atoms. The quantitative estimate of drug-likeness (QED) is 0.540. The molecule has 0 aliphatic heterocycles. The summed E-state index contributed by atoms with van der Waals surface area (Å²) in [6, 6.07) is 9.07. The van der Waals surface area contributed by atoms with Crippen molar-refractivity contribution in [1.29, 1.82) is 0 Å². The second kappa shape index (κ2) is 9.21. The zero-order chi connectivity index (χ0) is 22.6. The first kappa shape index (κ1) is 23.3. The van der Waals surface area contributed by atoms with Crippen molar-refractivity contribution in [2.24, 2.45) is 0 Å². The van der Waals surface area contributed by atoms with E-state index < -0.39 is 22.2 Å². The third-order valence-electron chi connectivity index (χ3n) is 4.47. The number of aliphatic hydroxyl groups is 1. The molecule has 9 heteroatoms. The van der Waals surface area contributed by atoms with Gasteiger partial charge >= 0.3 is 5.97 Å². The first-order valence-corrected chi connectivity index (χ1v) is 10.8. The Labute approximate surface area is 175 Å². The molecule has 3 aromatic rings. The van der Waals surface area contributed by atoms with Gasteiger partial charge in [-0.25, -0.2) is 9.78 Å². The van der Waals surface area contributed by atoms with Crippen LogP contribution in [0, 0.1) is 20.8 Å². The highest BCUT2D eigenvalue weighted by Gasteiger charge is 2.20. The lowest BCUT2D eigenvalue weighted by atomic mass is 9.89. The molecule has 0 saturated carbocycles. The summed E-state index contributed by atoms with van der Waals surface area (Å²) in [6.07, 6.45) is 5.14. The lowest BCUT2D eigenvalue weighted by Gasteiger charge is -2.20. The predicted octanol–water partition coefficient (Wildman–Crippen LogP) is 3.08. The van der Waals surface area contributed by atoms with E-state index in [1.165, 1.54) is 0 Å². The zero-order valence-corrected chi connectivity index (χ0v) is 17.9. The Morgan fingerprint density at radius 1 is 1.07 bits per heavy atom. The number of hydrogen-bond acceptors (Lipinski definition) is 5. The van der Waals surface area contributed by atoms with Gasteiger partial charge in [-0.05, 0) is 72.9 Å². The minimum atomic E-state index is -3.67. The molecule has 3 N–H and O–H groups in total. The summed E-state index contributed by atoms with van der Waals surface area (Å²) in [6.45, 7) is 5.60. The maximum atomic E-state index is 11.2. The fourth-order valence-corrected chi connectivity index (χ4v) is 3.18. The number of aromatic nitrogens is 2. The third kappa shape index (κ3) is 5.99. The topological polar surface area (TPSA) is 130 Å². The molecular formula is C21H24N2O6S. The van der Waals surface area contributed by atoms with Crippen molar-refractivity contribution >= 4 is 16.1 Å². The van der Waals surface area contributed by atoms with Crippen LogP contribution in [-0.4, -0.2) is 45.0 Å². The Hall–Kier alpha value is -3.01. The maximum absolute atomic E-state index is 11.2. The van der Waals surface area contributed by atoms with E-state index in [4.69, 9.17) is 4.55 Å². The Kier molecular flexibility index (Phi) is 7.14. The molecule has 1 atom stereocenters. The molecule has 0 amide bonds. The number of aromatic carboxylic acids is 1. The lowest BCUT2D eigenvalue weighted by Crippen LogP contribution is -2.09. The zero-order valence-electron chi connectivity index (χ0n) is 17.1. The van der Waals surface area contributed by atoms with Crippen LogP contribution in [0.4, 0.5) is 0 Å². The highest BCUT2D eigenvalue weighted by atomic mass is 32.2. The largest absolute Gasteiger partial charge is 0.478 e. The standard InChI is InChI=1S/C20H20N2O3.CH4O3S/c1-12-4-5-16(22-7-6-21-11-22)10-17(12)19(23)18-13(2)8-15(20(24)25)9-14(18)3;1-5(2,3)4/h4-11,19,23H,1-3H3,(H,24,25);1H3,(H,2,3,4). The van der Waals surface area contributed by atoms with Crippen molar-refractivity contribution in [3.63, 3.8) is 0 Å². The number of imidazole rings is 1. The molecule has 1 unspecified atom stereocenters. The van der Waals surface area contributed by atoms with E-state index in [0.29, 0.717) is 6.26 Å². The highest BCUT2D eigenvalue weighted by molar-refractivity contribution is 7.85. The van der Waals surface area contributed by atoms with Crippen LogP contribution in [0.25, 0.3) is 5.69 Å². The summed E-state index contributed by atoms with van der Waals surface area (Å²) in [4.78, 5) is 15.3. The number of aliphatic hydroxyl groups excluding tert-OH is 1. The van der Waals surface area contributed by atoms with Crippen LogP contribution in [0.15, 0.2) is 49.1 Å². The number of benzene rings is 2. The monoisotopic (exact) mass is 432 g/mol. The summed E-state index contributed by atoms with van der Waals surface area (Å²) >= 11 is 0. The molecule has 30 heavy (non-hydrogen) atoms. The molecule has 0 aliphatic rings. The van der Waals surface area contributed by atoms with Crippen LogP contribution >= 0.6 is 0 Å². The number of carbonyl (C=O) groups is 1. The molecule has 160 valence electrons. The van der Waals surface area contributed by atoms with Gasteiger partial charge in [0, 0.05) is 18.1 Å². The summed E-state index contributed by atoms with van der Waals surface area (Å²) in [5.41, 5.74) is 5.17. The maximum Gasteiger partial charge on any atom is 0.335 e. The molecule has 0 radical (unpaired) electrons. The Morgan fingerprint density at radius 3 is 2.10 bits per heavy atom. The van der Waals surface area contributed by atoms with Gasteiger partial charge in [0.05, 0.1) is 18.1 Å². The van der Waals surface area contributed by atoms with Gasteiger partial charge in [0.2, 0.25) is 0 Å². The predicted molar refractivity (Wildman–Crippen MR) is 113 cm³/mol. The van der Waals surface area contributed by atoms with Gasteiger partial charge in [-0.15, -0.1) is 0 Å². The molecule has 0 spiro atoms. The van der Waals surface area contributed by atoms with Gasteiger partial charge in [0.1, 0.15) is 6.10 Å². The van der Waals surface area contributed by atoms with Crippen LogP contribution in [0.1, 0.15) is 44.3 Å². The van der Waals surface area contributed by atoms with Crippen LogP contribution in [-0.2, 0) is 10.1 Å². The van der Waals surface area contributed by atoms with E-state index in [9.17, 15) is 23.4 Å². The molecule has 0 aliphatic carbocycles. The number of carboxylic acids is 1. The molecule has 3 rings (SSSR count). The first-order valence-electron chi connectivity index (χ1n) is 8.92. The Morgan fingerprint density at radius 2 is 1.63 bits per heavy atom. The third-order valence-corrected chi connectivity index (χ3v) is 4.47. The first-order chi connectivity index (χ1) is 13.9. The SMILES string of the molecule is CS(=O)(=O)O.Cc1ccc(-n2ccnc2)cc1C(O)c1c(C)cc(C(=O)O)cc1C. The summed E-state index contributed by atoms with van der Waals surface area (Å²) in [5.74, 6) is -0.967. The molecule has 2 aromatic carbocycles. The molecule has 1 aromatic heterocycles. The molecule has 8 nitrogen and oxygen atoms in total. The van der Waals surface area contributed by atoms with E-state index in [0.717, 1.165) is 33.5 Å². The second-order valence-corrected chi connectivity index (χ2v) is 8.44. The molecule has 1 heterocycles. The van der Waals surface area contributed by atoms with Crippen molar-refractivity contribution in [1.82, 2.24) is 9.55 Å². The number of hydrogen-bond donors (Lipinski definition) is 3. The highest BCUT2D eigenvalue weighted by Crippen LogP contribution is 2.31. The Bertz CT molecular complexity index is 1120. The summed E-state index contributed by atoms with van der Waals surface area (Å²) in [7, 11) is -3.67. The van der Waals surface area contributed by atoms with E-state index >= 15 is 0 Å². The van der Waals surface area contributed by atoms with Crippen molar-refractivity contribution in [2.75, 3.05) is 6.26 Å². The normalized spacial score (nSPS) is 12.1. The van der Waals surface area contributed by atoms with Gasteiger partial charge in [-0.2, -0.15) is 8.42 Å². The molecule has 0 fully saturated rings. The van der Waals surface area contributed by atoms with Gasteiger partial charge in [-0.3, -0.25) is 4.55 Å². The minimum absolute atomic E-state index is 0.231. The summed E-state index contributed by atoms with van der Waals surface area (Å²) < 4.78 is 27.7. The smallest absolute Gasteiger partial charge is 0.335 e. The fourth-order valence-electron chi connectivity index (χ4n) is 3.18. The molecular weight excluding hydrogens is 408 g/mol. The number of nitrogens with zero attached hydrogens (tertiary/aromatic N) is 2. The van der Waals surface area contributed by atoms with Crippen molar-refractivity contribution in [3.05, 3.63) is 82.4 Å². The van der Waals surface area contributed by atoms with Crippen LogP contribution < -0.4 is 0 Å². The summed E-state index contributed by atoms with van der Waals surface area (Å²) in [5, 5.41) is 20.2. The van der Waals surface area contributed by atoms with Crippen LogP contribution in [0.3, 0.4) is 0 Å². The van der Waals surface area contributed by atoms with Gasteiger partial charge < -0.3 is 14.8 Å². The second-order valence-electron chi connectivity index (χ2n) is 6.98. The van der Waals surface area contributed by atoms with E-state index in [-0.39, 0.29) is 5.56 Å². The van der Waals surface area contributed by atoms with Crippen LogP contribution in [0.2, 0.25) is 0 Å². The van der Waals surface area contributed by atoms with Crippen molar-refractivity contribution < 1.29 is 28.0 Å². The number of carboxylic acid groups (broad SMARTS) is 1. The number of aryl methyl sites for hydroxylation is 3. The van der Waals surface area contributed by atoms with Crippen molar-refractivity contribution in [3.8, 4) is 5.69 Å². The lowest BCUT2D eigenvalue weighted by molar-refractivity contribution is 0.0696. The molecule has 0 saturated heterocycles. The van der Waals surface area contributed by atoms with Crippen LogP contribution in [0.5, 0.6) is 0 Å².